The van der Waals surface area contributed by atoms with Crippen LogP contribution < -0.4 is 16.7 Å². The molecule has 0 aliphatic carbocycles. The second-order valence-corrected chi connectivity index (χ2v) is 10.3. The molecule has 3 unspecified atom stereocenters. The van der Waals surface area contributed by atoms with Gasteiger partial charge in [-0.1, -0.05) is 24.3 Å². The van der Waals surface area contributed by atoms with Gasteiger partial charge in [0.05, 0.1) is 18.0 Å². The molecule has 38 heavy (non-hydrogen) atoms. The number of rotatable bonds is 6. The van der Waals surface area contributed by atoms with Crippen molar-refractivity contribution in [3.63, 3.8) is 0 Å². The van der Waals surface area contributed by atoms with Gasteiger partial charge in [-0.3, -0.25) is 24.3 Å². The monoisotopic (exact) mass is 512 g/mol. The number of para-hydroxylation sites is 1. The molecule has 3 aromatic heterocycles. The lowest BCUT2D eigenvalue weighted by Crippen LogP contribution is -2.46. The smallest absolute Gasteiger partial charge is 0.250 e. The summed E-state index contributed by atoms with van der Waals surface area (Å²) in [5.41, 5.74) is 7.52. The molecule has 194 valence electrons. The zero-order valence-corrected chi connectivity index (χ0v) is 20.7. The minimum atomic E-state index is -0.757. The lowest BCUT2D eigenvalue weighted by Gasteiger charge is -2.42. The van der Waals surface area contributed by atoms with E-state index >= 15 is 0 Å². The SMILES string of the molecule is NC(=O)CC(c1oc(CN2CC3CC(C2)c2cccc(=O)n2C3)cc(=O)c1O)c1ccnc2ccccc12. The summed E-state index contributed by atoms with van der Waals surface area (Å²) in [5.74, 6) is -0.905. The second kappa shape index (κ2) is 9.57. The van der Waals surface area contributed by atoms with Crippen LogP contribution in [-0.2, 0) is 17.9 Å². The predicted molar refractivity (Wildman–Crippen MR) is 141 cm³/mol. The largest absolute Gasteiger partial charge is 0.502 e. The minimum Gasteiger partial charge on any atom is -0.502 e. The summed E-state index contributed by atoms with van der Waals surface area (Å²) in [4.78, 5) is 43.9. The molecule has 1 fully saturated rings. The van der Waals surface area contributed by atoms with Gasteiger partial charge in [0.15, 0.2) is 5.76 Å². The number of aromatic hydroxyl groups is 1. The number of likely N-dealkylation sites (tertiary alicyclic amines) is 1. The summed E-state index contributed by atoms with van der Waals surface area (Å²) in [5, 5.41) is 11.6. The van der Waals surface area contributed by atoms with Gasteiger partial charge in [0.2, 0.25) is 17.1 Å². The molecule has 3 N–H and O–H groups in total. The van der Waals surface area contributed by atoms with Crippen molar-refractivity contribution < 1.29 is 14.3 Å². The fraction of sp³-hybridized carbons (Fsp3) is 0.310. The van der Waals surface area contributed by atoms with Crippen molar-refractivity contribution >= 4 is 16.8 Å². The topological polar surface area (TPSA) is 132 Å². The Hall–Kier alpha value is -4.24. The van der Waals surface area contributed by atoms with Crippen molar-refractivity contribution in [3.05, 3.63) is 104 Å². The number of fused-ring (bicyclic) bond motifs is 5. The quantitative estimate of drug-likeness (QED) is 0.406. The van der Waals surface area contributed by atoms with Crippen LogP contribution in [0.5, 0.6) is 5.75 Å². The van der Waals surface area contributed by atoms with Crippen LogP contribution in [-0.4, -0.2) is 38.6 Å². The maximum atomic E-state index is 12.9. The second-order valence-electron chi connectivity index (χ2n) is 10.3. The Morgan fingerprint density at radius 3 is 2.79 bits per heavy atom. The number of hydrogen-bond donors (Lipinski definition) is 2. The molecule has 0 spiro atoms. The Morgan fingerprint density at radius 2 is 1.95 bits per heavy atom. The number of pyridine rings is 2. The van der Waals surface area contributed by atoms with Gasteiger partial charge in [0, 0.05) is 61.4 Å². The molecule has 3 atom stereocenters. The van der Waals surface area contributed by atoms with Crippen molar-refractivity contribution in [3.8, 4) is 5.75 Å². The molecule has 2 aliphatic heterocycles. The lowest BCUT2D eigenvalue weighted by atomic mass is 9.83. The molecule has 9 heteroatoms. The fourth-order valence-electron chi connectivity index (χ4n) is 6.18. The van der Waals surface area contributed by atoms with Crippen LogP contribution in [0.3, 0.4) is 0 Å². The number of primary amides is 1. The molecule has 4 aromatic rings. The highest BCUT2D eigenvalue weighted by molar-refractivity contribution is 5.84. The van der Waals surface area contributed by atoms with Gasteiger partial charge in [-0.2, -0.15) is 0 Å². The summed E-state index contributed by atoms with van der Waals surface area (Å²) in [6, 6.07) is 15.9. The van der Waals surface area contributed by atoms with Crippen LogP contribution in [0.25, 0.3) is 10.9 Å². The highest BCUT2D eigenvalue weighted by Crippen LogP contribution is 2.38. The minimum absolute atomic E-state index is 0.0248. The van der Waals surface area contributed by atoms with E-state index in [0.29, 0.717) is 30.3 Å². The number of aromatic nitrogens is 2. The third-order valence-corrected chi connectivity index (χ3v) is 7.71. The van der Waals surface area contributed by atoms with Crippen molar-refractivity contribution in [2.24, 2.45) is 11.7 Å². The summed E-state index contributed by atoms with van der Waals surface area (Å²) >= 11 is 0. The molecular formula is C29H28N4O5. The van der Waals surface area contributed by atoms with E-state index < -0.39 is 23.0 Å². The van der Waals surface area contributed by atoms with Crippen molar-refractivity contribution in [1.82, 2.24) is 14.5 Å². The number of nitrogens with two attached hydrogens (primary N) is 1. The average Bonchev–Trinajstić information content (AvgIpc) is 2.90. The summed E-state index contributed by atoms with van der Waals surface area (Å²) in [7, 11) is 0. The molecule has 1 aromatic carbocycles. The molecule has 2 bridgehead atoms. The molecular weight excluding hydrogens is 484 g/mol. The van der Waals surface area contributed by atoms with Gasteiger partial charge in [-0.25, -0.2) is 0 Å². The third-order valence-electron chi connectivity index (χ3n) is 7.71. The van der Waals surface area contributed by atoms with Crippen LogP contribution in [0.2, 0.25) is 0 Å². The van der Waals surface area contributed by atoms with Crippen LogP contribution in [0.4, 0.5) is 0 Å². The maximum absolute atomic E-state index is 12.9. The highest BCUT2D eigenvalue weighted by atomic mass is 16.4. The first-order valence-electron chi connectivity index (χ1n) is 12.8. The molecule has 1 saturated heterocycles. The molecule has 1 amide bonds. The first-order valence-corrected chi connectivity index (χ1v) is 12.8. The molecule has 9 nitrogen and oxygen atoms in total. The zero-order chi connectivity index (χ0) is 26.4. The number of benzene rings is 1. The van der Waals surface area contributed by atoms with E-state index in [4.69, 9.17) is 10.2 Å². The van der Waals surface area contributed by atoms with Crippen LogP contribution >= 0.6 is 0 Å². The number of piperidine rings is 1. The van der Waals surface area contributed by atoms with Gasteiger partial charge in [-0.05, 0) is 36.1 Å². The lowest BCUT2D eigenvalue weighted by molar-refractivity contribution is -0.118. The normalized spacial score (nSPS) is 19.7. The van der Waals surface area contributed by atoms with Gasteiger partial charge in [0.1, 0.15) is 5.76 Å². The molecule has 2 aliphatic rings. The van der Waals surface area contributed by atoms with Gasteiger partial charge >= 0.3 is 0 Å². The van der Waals surface area contributed by atoms with E-state index in [-0.39, 0.29) is 23.7 Å². The van der Waals surface area contributed by atoms with Gasteiger partial charge in [-0.15, -0.1) is 0 Å². The first kappa shape index (κ1) is 24.1. The Kier molecular flexibility index (Phi) is 6.07. The van der Waals surface area contributed by atoms with E-state index in [1.54, 1.807) is 24.4 Å². The number of carbonyl (C=O) groups excluding carboxylic acids is 1. The predicted octanol–water partition coefficient (Wildman–Crippen LogP) is 2.68. The van der Waals surface area contributed by atoms with Crippen LogP contribution in [0.15, 0.2) is 74.8 Å². The van der Waals surface area contributed by atoms with Crippen molar-refractivity contribution in [2.45, 2.75) is 37.8 Å². The van der Waals surface area contributed by atoms with Crippen molar-refractivity contribution in [1.29, 1.82) is 0 Å². The van der Waals surface area contributed by atoms with Gasteiger partial charge in [0.25, 0.3) is 5.56 Å². The summed E-state index contributed by atoms with van der Waals surface area (Å²) < 4.78 is 8.07. The number of nitrogens with zero attached hydrogens (tertiary/aromatic N) is 3. The Labute approximate surface area is 218 Å². The number of carbonyl (C=O) groups is 1. The maximum Gasteiger partial charge on any atom is 0.250 e. The zero-order valence-electron chi connectivity index (χ0n) is 20.7. The Balaban J connectivity index is 1.35. The molecule has 0 saturated carbocycles. The van der Waals surface area contributed by atoms with Crippen molar-refractivity contribution in [2.75, 3.05) is 13.1 Å². The van der Waals surface area contributed by atoms with E-state index in [1.807, 2.05) is 34.9 Å². The Bertz CT molecular complexity index is 1650. The van der Waals surface area contributed by atoms with E-state index in [1.165, 1.54) is 6.07 Å². The summed E-state index contributed by atoms with van der Waals surface area (Å²) in [6.07, 6.45) is 2.49. The van der Waals surface area contributed by atoms with Gasteiger partial charge < -0.3 is 19.8 Å². The average molecular weight is 513 g/mol. The fourth-order valence-corrected chi connectivity index (χ4v) is 6.18. The first-order chi connectivity index (χ1) is 18.4. The Morgan fingerprint density at radius 1 is 1.11 bits per heavy atom. The molecule has 6 rings (SSSR count). The summed E-state index contributed by atoms with van der Waals surface area (Å²) in [6.45, 7) is 2.52. The van der Waals surface area contributed by atoms with E-state index in [9.17, 15) is 19.5 Å². The van der Waals surface area contributed by atoms with Crippen LogP contribution in [0.1, 0.15) is 47.5 Å². The van der Waals surface area contributed by atoms with E-state index in [2.05, 4.69) is 9.88 Å². The van der Waals surface area contributed by atoms with E-state index in [0.717, 1.165) is 36.1 Å². The van der Waals surface area contributed by atoms with Crippen LogP contribution in [0, 0.1) is 5.92 Å². The third kappa shape index (κ3) is 4.39. The molecule has 0 radical (unpaired) electrons. The number of amides is 1. The highest BCUT2D eigenvalue weighted by Gasteiger charge is 2.35. The standard InChI is InChI=1S/C29H28N4O5/c30-26(35)12-22(20-8-9-31-23-5-2-1-4-21(20)23)29-28(37)25(34)11-19(38-29)16-32-13-17-10-18(15-32)24-6-3-7-27(36)33(24)14-17/h1-9,11,17-18,22,37H,10,12-16H2,(H2,30,35). The molecule has 5 heterocycles. The number of hydrogen-bond acceptors (Lipinski definition) is 7.